The minimum absolute atomic E-state index is 0. The standard InChI is InChI=1S/2C7H14O2.3C6H12O2.2Na/c2*1-5-7(2,3)6(8)9-4;3*1-4-6(2,3)5(7)8;;/h2*5H2,1-4H3;3*4H2,1-3H3,(H,7,8);;/q;;;;;2*+1/p-2. The minimum Gasteiger partial charge on any atom is -0.550 e. The molecule has 0 radical (unpaired) electrons. The molecule has 0 aliphatic rings. The van der Waals surface area contributed by atoms with E-state index in [1.54, 1.807) is 41.5 Å². The van der Waals surface area contributed by atoms with Gasteiger partial charge in [0.25, 0.3) is 0 Å². The van der Waals surface area contributed by atoms with Crippen molar-refractivity contribution in [3.8, 4) is 0 Å². The molecule has 0 heterocycles. The Bertz CT molecular complexity index is 728. The first-order chi connectivity index (χ1) is 18.6. The Balaban J connectivity index is -0.0000000770. The molecule has 0 aliphatic heterocycles. The van der Waals surface area contributed by atoms with Gasteiger partial charge in [0.15, 0.2) is 0 Å². The Kier molecular flexibility index (Phi) is 36.7. The molecule has 0 bridgehead atoms. The number of carboxylic acid groups (broad SMARTS) is 3. The summed E-state index contributed by atoms with van der Waals surface area (Å²) in [5.74, 6) is -2.94. The van der Waals surface area contributed by atoms with Gasteiger partial charge in [-0.05, 0) is 73.6 Å². The third-order valence-electron chi connectivity index (χ3n) is 7.58. The molecule has 0 unspecified atom stereocenters. The second kappa shape index (κ2) is 27.5. The van der Waals surface area contributed by atoms with Gasteiger partial charge in [-0.15, -0.1) is 0 Å². The number of ether oxygens (including phenoxy) is 2. The summed E-state index contributed by atoms with van der Waals surface area (Å²) in [6.07, 6.45) is 3.56. The normalized spacial score (nSPS) is 10.8. The molecule has 0 aromatic rings. The Hall–Kier alpha value is -0.650. The largest absolute Gasteiger partial charge is 1.00 e. The van der Waals surface area contributed by atoms with E-state index in [0.29, 0.717) is 19.3 Å². The molecule has 0 aliphatic carbocycles. The van der Waals surface area contributed by atoms with Gasteiger partial charge in [0.05, 0.1) is 30.5 Å². The zero-order valence-corrected chi connectivity index (χ0v) is 35.7. The van der Waals surface area contributed by atoms with E-state index in [1.807, 2.05) is 62.3 Å². The van der Waals surface area contributed by atoms with E-state index in [4.69, 9.17) is 5.11 Å². The number of hydrogen-bond acceptors (Lipinski definition) is 9. The maximum atomic E-state index is 10.8. The first-order valence-corrected chi connectivity index (χ1v) is 14.4. The van der Waals surface area contributed by atoms with Crippen molar-refractivity contribution < 1.29 is 108 Å². The fourth-order valence-electron chi connectivity index (χ4n) is 1.28. The van der Waals surface area contributed by atoms with E-state index in [0.717, 1.165) is 12.8 Å². The summed E-state index contributed by atoms with van der Waals surface area (Å²) in [7, 11) is 2.83. The van der Waals surface area contributed by atoms with Crippen LogP contribution in [0.4, 0.5) is 0 Å². The van der Waals surface area contributed by atoms with E-state index in [2.05, 4.69) is 9.47 Å². The van der Waals surface area contributed by atoms with Crippen LogP contribution in [0.2, 0.25) is 0 Å². The average Bonchev–Trinajstić information content (AvgIpc) is 2.92. The molecule has 0 saturated heterocycles. The van der Waals surface area contributed by atoms with Crippen molar-refractivity contribution in [3.63, 3.8) is 0 Å². The molecule has 252 valence electrons. The average molecular weight is 653 g/mol. The van der Waals surface area contributed by atoms with Crippen LogP contribution in [0.1, 0.15) is 136 Å². The predicted molar refractivity (Wildman–Crippen MR) is 162 cm³/mol. The number of carbonyl (C=O) groups is 5. The zero-order chi connectivity index (χ0) is 35.3. The molecule has 12 heteroatoms. The maximum absolute atomic E-state index is 10.8. The van der Waals surface area contributed by atoms with Gasteiger partial charge in [-0.3, -0.25) is 14.4 Å². The van der Waals surface area contributed by atoms with Crippen LogP contribution in [-0.2, 0) is 33.4 Å². The van der Waals surface area contributed by atoms with Crippen molar-refractivity contribution in [1.82, 2.24) is 0 Å². The van der Waals surface area contributed by atoms with Crippen LogP contribution < -0.4 is 69.3 Å². The molecular weight excluding hydrogens is 590 g/mol. The SMILES string of the molecule is CCC(C)(C)C(=O)O.CCC(C)(C)C(=O)OC.CCC(C)(C)C(=O)OC.CCC(C)(C)C(=O)[O-].CCC(C)(C)C(=O)[O-].[Na+].[Na+]. The third kappa shape index (κ3) is 28.8. The van der Waals surface area contributed by atoms with E-state index < -0.39 is 34.2 Å². The maximum Gasteiger partial charge on any atom is 1.00 e. The molecule has 1 N–H and O–H groups in total. The molecule has 10 nitrogen and oxygen atoms in total. The van der Waals surface area contributed by atoms with Crippen molar-refractivity contribution >= 4 is 29.8 Å². The quantitative estimate of drug-likeness (QED) is 0.229. The van der Waals surface area contributed by atoms with Crippen molar-refractivity contribution in [2.24, 2.45) is 27.1 Å². The summed E-state index contributed by atoms with van der Waals surface area (Å²) in [4.78, 5) is 52.2. The molecule has 0 saturated carbocycles. The molecule has 0 amide bonds. The molecule has 0 spiro atoms. The van der Waals surface area contributed by atoms with Crippen LogP contribution in [0.3, 0.4) is 0 Å². The van der Waals surface area contributed by atoms with Crippen molar-refractivity contribution in [1.29, 1.82) is 0 Å². The number of hydrogen-bond donors (Lipinski definition) is 1. The van der Waals surface area contributed by atoms with Gasteiger partial charge in [0, 0.05) is 22.8 Å². The molecule has 0 rings (SSSR count). The van der Waals surface area contributed by atoms with Crippen LogP contribution in [0.25, 0.3) is 0 Å². The topological polar surface area (TPSA) is 170 Å². The summed E-state index contributed by atoms with van der Waals surface area (Å²) in [5, 5.41) is 28.7. The first kappa shape index (κ1) is 58.8. The van der Waals surface area contributed by atoms with Gasteiger partial charge < -0.3 is 34.4 Å². The smallest absolute Gasteiger partial charge is 0.550 e. The Morgan fingerprint density at radius 1 is 0.477 bits per heavy atom. The second-order valence-electron chi connectivity index (χ2n) is 13.1. The molecule has 0 aromatic heterocycles. The zero-order valence-electron chi connectivity index (χ0n) is 31.7. The number of carbonyl (C=O) groups excluding carboxylic acids is 4. The third-order valence-corrected chi connectivity index (χ3v) is 7.58. The summed E-state index contributed by atoms with van der Waals surface area (Å²) < 4.78 is 9.13. The first-order valence-electron chi connectivity index (χ1n) is 14.4. The van der Waals surface area contributed by atoms with Gasteiger partial charge in [0.1, 0.15) is 0 Å². The molecule has 0 fully saturated rings. The minimum atomic E-state index is -0.972. The van der Waals surface area contributed by atoms with E-state index in [1.165, 1.54) is 14.2 Å². The van der Waals surface area contributed by atoms with Gasteiger partial charge >= 0.3 is 77.0 Å². The predicted octanol–water partition coefficient (Wildman–Crippen LogP) is -0.949. The molecule has 0 atom stereocenters. The fraction of sp³-hybridized carbons (Fsp3) is 0.844. The summed E-state index contributed by atoms with van der Waals surface area (Å²) in [6.45, 7) is 27.0. The second-order valence-corrected chi connectivity index (χ2v) is 13.1. The van der Waals surface area contributed by atoms with Crippen LogP contribution in [-0.4, -0.2) is 49.2 Å². The van der Waals surface area contributed by atoms with Gasteiger partial charge in [-0.2, -0.15) is 0 Å². The number of aliphatic carboxylic acids is 3. The van der Waals surface area contributed by atoms with Crippen molar-refractivity contribution in [2.75, 3.05) is 14.2 Å². The summed E-state index contributed by atoms with van der Waals surface area (Å²) in [5.41, 5.74) is -2.47. The Labute approximate surface area is 312 Å². The van der Waals surface area contributed by atoms with Gasteiger partial charge in [0.2, 0.25) is 0 Å². The fourth-order valence-corrected chi connectivity index (χ4v) is 1.28. The van der Waals surface area contributed by atoms with Crippen LogP contribution in [0.15, 0.2) is 0 Å². The number of rotatable bonds is 10. The van der Waals surface area contributed by atoms with Crippen molar-refractivity contribution in [2.45, 2.75) is 136 Å². The van der Waals surface area contributed by atoms with Crippen LogP contribution in [0, 0.1) is 27.1 Å². The molecule has 0 aromatic carbocycles. The monoisotopic (exact) mass is 652 g/mol. The Morgan fingerprint density at radius 2 is 0.659 bits per heavy atom. The summed E-state index contributed by atoms with van der Waals surface area (Å²) in [6, 6.07) is 0. The molecular formula is C32H62Na2O10. The number of esters is 2. The van der Waals surface area contributed by atoms with Crippen LogP contribution >= 0.6 is 0 Å². The number of carboxylic acids is 3. The van der Waals surface area contributed by atoms with Gasteiger partial charge in [-0.25, -0.2) is 0 Å². The van der Waals surface area contributed by atoms with E-state index >= 15 is 0 Å². The number of methoxy groups -OCH3 is 2. The van der Waals surface area contributed by atoms with Crippen molar-refractivity contribution in [3.05, 3.63) is 0 Å². The summed E-state index contributed by atoms with van der Waals surface area (Å²) >= 11 is 0. The molecule has 44 heavy (non-hydrogen) atoms. The Morgan fingerprint density at radius 3 is 0.682 bits per heavy atom. The van der Waals surface area contributed by atoms with Crippen LogP contribution in [0.5, 0.6) is 0 Å². The van der Waals surface area contributed by atoms with E-state index in [-0.39, 0.29) is 81.9 Å². The van der Waals surface area contributed by atoms with E-state index in [9.17, 15) is 34.2 Å². The van der Waals surface area contributed by atoms with Gasteiger partial charge in [-0.1, -0.05) is 62.3 Å².